The lowest BCUT2D eigenvalue weighted by Crippen LogP contribution is -1.95. The lowest BCUT2D eigenvalue weighted by molar-refractivity contribution is 0.104. The van der Waals surface area contributed by atoms with Crippen molar-refractivity contribution in [1.29, 1.82) is 0 Å². The Bertz CT molecular complexity index is 544. The molecule has 2 aromatic carbocycles. The van der Waals surface area contributed by atoms with E-state index < -0.39 is 0 Å². The molecule has 0 bridgehead atoms. The molecular formula is C15H13NO2. The second-order valence-corrected chi connectivity index (χ2v) is 3.75. The molecule has 2 N–H and O–H groups in total. The molecule has 0 atom stereocenters. The van der Waals surface area contributed by atoms with Gasteiger partial charge in [0.15, 0.2) is 5.78 Å². The molecule has 3 heteroatoms. The third-order valence-corrected chi connectivity index (χ3v) is 2.41. The average Bonchev–Trinajstić information content (AvgIpc) is 2.42. The minimum Gasteiger partial charge on any atom is -0.508 e. The molecule has 2 aromatic rings. The standard InChI is InChI=1S/C15H13NO2/c17-14-8-6-13(7-9-14)16-11-10-15(18)12-4-2-1-3-5-12/h1-11,16-17H. The molecule has 0 spiro atoms. The molecule has 0 heterocycles. The highest BCUT2D eigenvalue weighted by atomic mass is 16.3. The van der Waals surface area contributed by atoms with Gasteiger partial charge in [-0.1, -0.05) is 30.3 Å². The Morgan fingerprint density at radius 2 is 1.67 bits per heavy atom. The van der Waals surface area contributed by atoms with Gasteiger partial charge in [0.1, 0.15) is 5.75 Å². The Morgan fingerprint density at radius 1 is 1.00 bits per heavy atom. The third kappa shape index (κ3) is 3.22. The van der Waals surface area contributed by atoms with Gasteiger partial charge in [-0.3, -0.25) is 4.79 Å². The number of phenols is 1. The number of hydrogen-bond acceptors (Lipinski definition) is 3. The van der Waals surface area contributed by atoms with Gasteiger partial charge < -0.3 is 10.4 Å². The highest BCUT2D eigenvalue weighted by molar-refractivity contribution is 6.04. The molecular weight excluding hydrogens is 226 g/mol. The number of nitrogens with one attached hydrogen (secondary N) is 1. The van der Waals surface area contributed by atoms with Crippen LogP contribution in [0.1, 0.15) is 10.4 Å². The lowest BCUT2D eigenvalue weighted by atomic mass is 10.1. The zero-order valence-electron chi connectivity index (χ0n) is 9.71. The van der Waals surface area contributed by atoms with Crippen LogP contribution in [-0.2, 0) is 0 Å². The second kappa shape index (κ2) is 5.68. The molecule has 0 aliphatic carbocycles. The highest BCUT2D eigenvalue weighted by Gasteiger charge is 1.98. The van der Waals surface area contributed by atoms with Crippen LogP contribution < -0.4 is 5.32 Å². The molecule has 0 fully saturated rings. The summed E-state index contributed by atoms with van der Waals surface area (Å²) in [6.45, 7) is 0. The fourth-order valence-electron chi connectivity index (χ4n) is 1.47. The topological polar surface area (TPSA) is 49.3 Å². The summed E-state index contributed by atoms with van der Waals surface area (Å²) in [5.41, 5.74) is 1.46. The van der Waals surface area contributed by atoms with Crippen molar-refractivity contribution >= 4 is 11.5 Å². The first-order chi connectivity index (χ1) is 8.75. The van der Waals surface area contributed by atoms with Crippen molar-refractivity contribution in [3.8, 4) is 5.75 Å². The van der Waals surface area contributed by atoms with E-state index in [1.807, 2.05) is 18.2 Å². The van der Waals surface area contributed by atoms with E-state index in [1.165, 1.54) is 6.08 Å². The van der Waals surface area contributed by atoms with E-state index in [0.717, 1.165) is 5.69 Å². The van der Waals surface area contributed by atoms with Gasteiger partial charge in [0.25, 0.3) is 0 Å². The van der Waals surface area contributed by atoms with Gasteiger partial charge in [0.2, 0.25) is 0 Å². The molecule has 3 nitrogen and oxygen atoms in total. The van der Waals surface area contributed by atoms with Crippen LogP contribution in [-0.4, -0.2) is 10.9 Å². The number of rotatable bonds is 4. The van der Waals surface area contributed by atoms with Crippen molar-refractivity contribution in [1.82, 2.24) is 0 Å². The molecule has 0 saturated carbocycles. The third-order valence-electron chi connectivity index (χ3n) is 2.41. The highest BCUT2D eigenvalue weighted by Crippen LogP contribution is 2.13. The first-order valence-corrected chi connectivity index (χ1v) is 5.57. The largest absolute Gasteiger partial charge is 0.508 e. The van der Waals surface area contributed by atoms with Crippen molar-refractivity contribution in [2.75, 3.05) is 5.32 Å². The number of benzene rings is 2. The minimum absolute atomic E-state index is 0.0538. The smallest absolute Gasteiger partial charge is 0.187 e. The van der Waals surface area contributed by atoms with Crippen LogP contribution in [0.2, 0.25) is 0 Å². The Kier molecular flexibility index (Phi) is 3.76. The van der Waals surface area contributed by atoms with Crippen LogP contribution >= 0.6 is 0 Å². The first-order valence-electron chi connectivity index (χ1n) is 5.57. The molecule has 0 aromatic heterocycles. The Labute approximate surface area is 105 Å². The van der Waals surface area contributed by atoms with Crippen LogP contribution in [0.4, 0.5) is 5.69 Å². The second-order valence-electron chi connectivity index (χ2n) is 3.75. The Balaban J connectivity index is 1.96. The SMILES string of the molecule is O=C(C=CNc1ccc(O)cc1)c1ccccc1. The van der Waals surface area contributed by atoms with Gasteiger partial charge >= 0.3 is 0 Å². The van der Waals surface area contributed by atoms with Gasteiger partial charge in [0.05, 0.1) is 0 Å². The summed E-state index contributed by atoms with van der Waals surface area (Å²) >= 11 is 0. The van der Waals surface area contributed by atoms with Crippen LogP contribution in [0.5, 0.6) is 5.75 Å². The van der Waals surface area contributed by atoms with Gasteiger partial charge in [-0.15, -0.1) is 0 Å². The normalized spacial score (nSPS) is 10.4. The number of carbonyl (C=O) groups is 1. The fraction of sp³-hybridized carbons (Fsp3) is 0. The summed E-state index contributed by atoms with van der Waals surface area (Å²) in [4.78, 5) is 11.7. The van der Waals surface area contributed by atoms with Crippen molar-refractivity contribution in [2.45, 2.75) is 0 Å². The predicted molar refractivity (Wildman–Crippen MR) is 71.6 cm³/mol. The summed E-state index contributed by atoms with van der Waals surface area (Å²) < 4.78 is 0. The number of anilines is 1. The maximum Gasteiger partial charge on any atom is 0.187 e. The number of aromatic hydroxyl groups is 1. The summed E-state index contributed by atoms with van der Waals surface area (Å²) in [5, 5.41) is 12.1. The summed E-state index contributed by atoms with van der Waals surface area (Å²) in [6, 6.07) is 15.7. The van der Waals surface area contributed by atoms with Gasteiger partial charge in [-0.05, 0) is 24.3 Å². The molecule has 0 radical (unpaired) electrons. The summed E-state index contributed by atoms with van der Waals surface area (Å²) in [6.07, 6.45) is 3.06. The molecule has 2 rings (SSSR count). The average molecular weight is 239 g/mol. The molecule has 0 aliphatic heterocycles. The number of allylic oxidation sites excluding steroid dienone is 1. The van der Waals surface area contributed by atoms with E-state index in [0.29, 0.717) is 5.56 Å². The molecule has 18 heavy (non-hydrogen) atoms. The zero-order valence-corrected chi connectivity index (χ0v) is 9.71. The zero-order chi connectivity index (χ0) is 12.8. The summed E-state index contributed by atoms with van der Waals surface area (Å²) in [5.74, 6) is 0.159. The lowest BCUT2D eigenvalue weighted by Gasteiger charge is -2.00. The van der Waals surface area contributed by atoms with E-state index >= 15 is 0 Å². The van der Waals surface area contributed by atoms with Gasteiger partial charge in [-0.25, -0.2) is 0 Å². The number of carbonyl (C=O) groups excluding carboxylic acids is 1. The van der Waals surface area contributed by atoms with Crippen LogP contribution in [0.25, 0.3) is 0 Å². The van der Waals surface area contributed by atoms with E-state index in [9.17, 15) is 4.79 Å². The predicted octanol–water partition coefficient (Wildman–Crippen LogP) is 3.20. The fourth-order valence-corrected chi connectivity index (χ4v) is 1.47. The van der Waals surface area contributed by atoms with E-state index in [1.54, 1.807) is 42.6 Å². The van der Waals surface area contributed by atoms with Crippen LogP contribution in [0.3, 0.4) is 0 Å². The molecule has 0 unspecified atom stereocenters. The number of hydrogen-bond donors (Lipinski definition) is 2. The number of ketones is 1. The maximum atomic E-state index is 11.7. The van der Waals surface area contributed by atoms with Crippen LogP contribution in [0, 0.1) is 0 Å². The van der Waals surface area contributed by atoms with Crippen molar-refractivity contribution in [3.63, 3.8) is 0 Å². The van der Waals surface area contributed by atoms with E-state index in [4.69, 9.17) is 5.11 Å². The molecule has 90 valence electrons. The first kappa shape index (κ1) is 11.9. The molecule has 0 aliphatic rings. The summed E-state index contributed by atoms with van der Waals surface area (Å²) in [7, 11) is 0. The van der Waals surface area contributed by atoms with Crippen molar-refractivity contribution < 1.29 is 9.90 Å². The Hall–Kier alpha value is -2.55. The van der Waals surface area contributed by atoms with Gasteiger partial charge in [0, 0.05) is 23.5 Å². The molecule has 0 amide bonds. The van der Waals surface area contributed by atoms with E-state index in [2.05, 4.69) is 5.32 Å². The molecule has 0 saturated heterocycles. The van der Waals surface area contributed by atoms with Crippen LogP contribution in [0.15, 0.2) is 66.9 Å². The van der Waals surface area contributed by atoms with Gasteiger partial charge in [-0.2, -0.15) is 0 Å². The van der Waals surface area contributed by atoms with Crippen molar-refractivity contribution in [2.24, 2.45) is 0 Å². The number of phenolic OH excluding ortho intramolecular Hbond substituents is 1. The quantitative estimate of drug-likeness (QED) is 0.489. The minimum atomic E-state index is -0.0538. The Morgan fingerprint density at radius 3 is 2.33 bits per heavy atom. The van der Waals surface area contributed by atoms with E-state index in [-0.39, 0.29) is 11.5 Å². The maximum absolute atomic E-state index is 11.7. The van der Waals surface area contributed by atoms with Crippen molar-refractivity contribution in [3.05, 3.63) is 72.4 Å². The monoisotopic (exact) mass is 239 g/mol.